The number of halogens is 1. The first-order valence-corrected chi connectivity index (χ1v) is 6.49. The number of furan rings is 1. The van der Waals surface area contributed by atoms with Crippen LogP contribution in [-0.2, 0) is 6.42 Å². The zero-order chi connectivity index (χ0) is 11.4. The van der Waals surface area contributed by atoms with Crippen molar-refractivity contribution in [3.63, 3.8) is 0 Å². The molecule has 4 heteroatoms. The predicted octanol–water partition coefficient (Wildman–Crippen LogP) is 3.89. The van der Waals surface area contributed by atoms with Gasteiger partial charge in [0.25, 0.3) is 0 Å². The third-order valence-electron chi connectivity index (χ3n) is 2.63. The lowest BCUT2D eigenvalue weighted by Gasteiger charge is -2.14. The molecule has 2 rings (SSSR count). The maximum Gasteiger partial charge on any atom is 0.197 e. The highest BCUT2D eigenvalue weighted by Crippen LogP contribution is 2.27. The van der Waals surface area contributed by atoms with E-state index in [9.17, 15) is 0 Å². The number of thiophene rings is 1. The Hall–Kier alpha value is -0.770. The van der Waals surface area contributed by atoms with E-state index >= 15 is 0 Å². The van der Waals surface area contributed by atoms with Crippen LogP contribution < -0.4 is 5.32 Å². The molecule has 0 spiro atoms. The molecule has 1 N–H and O–H groups in total. The van der Waals surface area contributed by atoms with Crippen molar-refractivity contribution in [3.05, 3.63) is 45.5 Å². The normalized spacial score (nSPS) is 12.9. The van der Waals surface area contributed by atoms with Gasteiger partial charge in [0.05, 0.1) is 6.26 Å². The van der Waals surface area contributed by atoms with E-state index in [1.54, 1.807) is 17.6 Å². The van der Waals surface area contributed by atoms with Crippen molar-refractivity contribution in [2.75, 3.05) is 7.05 Å². The van der Waals surface area contributed by atoms with Crippen molar-refractivity contribution in [3.8, 4) is 0 Å². The van der Waals surface area contributed by atoms with E-state index < -0.39 is 0 Å². The van der Waals surface area contributed by atoms with E-state index in [0.29, 0.717) is 5.22 Å². The zero-order valence-corrected chi connectivity index (χ0v) is 10.6. The number of hydrogen-bond acceptors (Lipinski definition) is 3. The molecule has 2 aromatic rings. The van der Waals surface area contributed by atoms with Crippen LogP contribution in [0.25, 0.3) is 0 Å². The largest absolute Gasteiger partial charge is 0.453 e. The molecule has 86 valence electrons. The van der Waals surface area contributed by atoms with Crippen molar-refractivity contribution >= 4 is 22.9 Å². The third-order valence-corrected chi connectivity index (χ3v) is 3.87. The second-order valence-corrected chi connectivity index (χ2v) is 4.98. The maximum atomic E-state index is 5.97. The molecule has 0 saturated carbocycles. The van der Waals surface area contributed by atoms with Crippen molar-refractivity contribution < 1.29 is 4.42 Å². The second-order valence-electron chi connectivity index (χ2n) is 3.61. The van der Waals surface area contributed by atoms with E-state index in [1.807, 2.05) is 13.1 Å². The zero-order valence-electron chi connectivity index (χ0n) is 9.07. The minimum atomic E-state index is 0.258. The Morgan fingerprint density at radius 2 is 2.38 bits per heavy atom. The fraction of sp³-hybridized carbons (Fsp3) is 0.333. The molecule has 0 aliphatic rings. The highest BCUT2D eigenvalue weighted by Gasteiger charge is 2.15. The summed E-state index contributed by atoms with van der Waals surface area (Å²) >= 11 is 7.76. The fourth-order valence-electron chi connectivity index (χ4n) is 1.75. The molecule has 0 bridgehead atoms. The van der Waals surface area contributed by atoms with Gasteiger partial charge in [-0.15, -0.1) is 11.3 Å². The molecular formula is C12H14ClNOS. The third kappa shape index (κ3) is 2.67. The van der Waals surface area contributed by atoms with Gasteiger partial charge in [0.1, 0.15) is 0 Å². The van der Waals surface area contributed by atoms with Crippen LogP contribution in [0.2, 0.25) is 5.22 Å². The summed E-state index contributed by atoms with van der Waals surface area (Å²) in [5.74, 6) is 0. The van der Waals surface area contributed by atoms with Crippen LogP contribution in [0.1, 0.15) is 22.9 Å². The lowest BCUT2D eigenvalue weighted by Crippen LogP contribution is -2.16. The van der Waals surface area contributed by atoms with Gasteiger partial charge in [0, 0.05) is 16.5 Å². The van der Waals surface area contributed by atoms with Gasteiger partial charge in [-0.3, -0.25) is 0 Å². The average Bonchev–Trinajstić information content (AvgIpc) is 2.92. The summed E-state index contributed by atoms with van der Waals surface area (Å²) in [7, 11) is 1.95. The smallest absolute Gasteiger partial charge is 0.197 e. The van der Waals surface area contributed by atoms with Crippen molar-refractivity contribution in [1.82, 2.24) is 5.32 Å². The summed E-state index contributed by atoms with van der Waals surface area (Å²) in [5.41, 5.74) is 1.04. The van der Waals surface area contributed by atoms with Crippen LogP contribution in [0.4, 0.5) is 0 Å². The van der Waals surface area contributed by atoms with Gasteiger partial charge in [-0.25, -0.2) is 0 Å². The van der Waals surface area contributed by atoms with E-state index in [0.717, 1.165) is 18.4 Å². The van der Waals surface area contributed by atoms with Crippen molar-refractivity contribution in [2.24, 2.45) is 0 Å². The first-order chi connectivity index (χ1) is 7.81. The Morgan fingerprint density at radius 3 is 2.94 bits per heavy atom. The SMILES string of the molecule is CNC(CCc1cccs1)c1ccoc1Cl. The molecule has 0 fully saturated rings. The first-order valence-electron chi connectivity index (χ1n) is 5.24. The first kappa shape index (κ1) is 11.7. The van der Waals surface area contributed by atoms with E-state index in [4.69, 9.17) is 16.0 Å². The molecule has 0 saturated heterocycles. The summed E-state index contributed by atoms with van der Waals surface area (Å²) in [5, 5.41) is 5.86. The predicted molar refractivity (Wildman–Crippen MR) is 68.2 cm³/mol. The molecule has 1 unspecified atom stereocenters. The standard InChI is InChI=1S/C12H14ClNOS/c1-14-11(10-6-7-15-12(10)13)5-4-9-3-2-8-16-9/h2-3,6-8,11,14H,4-5H2,1H3. The molecule has 0 radical (unpaired) electrons. The molecule has 1 atom stereocenters. The quantitative estimate of drug-likeness (QED) is 0.877. The Balaban J connectivity index is 1.99. The molecular weight excluding hydrogens is 242 g/mol. The summed E-state index contributed by atoms with van der Waals surface area (Å²) in [6, 6.07) is 6.43. The van der Waals surface area contributed by atoms with Gasteiger partial charge in [0.15, 0.2) is 5.22 Å². The minimum Gasteiger partial charge on any atom is -0.453 e. The van der Waals surface area contributed by atoms with E-state index in [-0.39, 0.29) is 6.04 Å². The lowest BCUT2D eigenvalue weighted by molar-refractivity contribution is 0.526. The molecule has 16 heavy (non-hydrogen) atoms. The molecule has 0 aromatic carbocycles. The van der Waals surface area contributed by atoms with Crippen LogP contribution in [0, 0.1) is 0 Å². The number of hydrogen-bond donors (Lipinski definition) is 1. The van der Waals surface area contributed by atoms with E-state index in [1.165, 1.54) is 4.88 Å². The Morgan fingerprint density at radius 1 is 1.50 bits per heavy atom. The summed E-state index contributed by atoms with van der Waals surface area (Å²) in [6.07, 6.45) is 3.72. The Bertz CT molecular complexity index is 424. The second kappa shape index (κ2) is 5.53. The Kier molecular flexibility index (Phi) is 4.04. The monoisotopic (exact) mass is 255 g/mol. The van der Waals surface area contributed by atoms with Crippen LogP contribution in [0.3, 0.4) is 0 Å². The molecule has 0 aliphatic carbocycles. The fourth-order valence-corrected chi connectivity index (χ4v) is 2.72. The van der Waals surface area contributed by atoms with Crippen LogP contribution in [0.15, 0.2) is 34.3 Å². The van der Waals surface area contributed by atoms with Gasteiger partial charge < -0.3 is 9.73 Å². The highest BCUT2D eigenvalue weighted by molar-refractivity contribution is 7.09. The highest BCUT2D eigenvalue weighted by atomic mass is 35.5. The Labute approximate surface area is 104 Å². The number of nitrogens with one attached hydrogen (secondary N) is 1. The van der Waals surface area contributed by atoms with Crippen molar-refractivity contribution in [2.45, 2.75) is 18.9 Å². The van der Waals surface area contributed by atoms with Gasteiger partial charge in [0.2, 0.25) is 0 Å². The number of aryl methyl sites for hydroxylation is 1. The van der Waals surface area contributed by atoms with Crippen LogP contribution in [0.5, 0.6) is 0 Å². The van der Waals surface area contributed by atoms with Gasteiger partial charge >= 0.3 is 0 Å². The molecule has 0 aliphatic heterocycles. The summed E-state index contributed by atoms with van der Waals surface area (Å²) in [4.78, 5) is 1.40. The topological polar surface area (TPSA) is 25.2 Å². The van der Waals surface area contributed by atoms with Crippen LogP contribution in [-0.4, -0.2) is 7.05 Å². The maximum absolute atomic E-state index is 5.97. The molecule has 2 aromatic heterocycles. The minimum absolute atomic E-state index is 0.258. The van der Waals surface area contributed by atoms with Gasteiger partial charge in [-0.05, 0) is 49.0 Å². The van der Waals surface area contributed by atoms with E-state index in [2.05, 4.69) is 22.8 Å². The van der Waals surface area contributed by atoms with Crippen LogP contribution >= 0.6 is 22.9 Å². The summed E-state index contributed by atoms with van der Waals surface area (Å²) < 4.78 is 5.11. The average molecular weight is 256 g/mol. The van der Waals surface area contributed by atoms with Gasteiger partial charge in [-0.2, -0.15) is 0 Å². The van der Waals surface area contributed by atoms with Crippen molar-refractivity contribution in [1.29, 1.82) is 0 Å². The number of rotatable bonds is 5. The van der Waals surface area contributed by atoms with Gasteiger partial charge in [-0.1, -0.05) is 6.07 Å². The lowest BCUT2D eigenvalue weighted by atomic mass is 10.0. The molecule has 2 nitrogen and oxygen atoms in total. The molecule has 0 amide bonds. The molecule has 2 heterocycles. The summed E-state index contributed by atoms with van der Waals surface area (Å²) in [6.45, 7) is 0.